The minimum Gasteiger partial charge on any atom is -0.457 e. The number of ether oxygens (including phenoxy) is 1. The Hall–Kier alpha value is -5.09. The third-order valence-corrected chi connectivity index (χ3v) is 10.0. The Kier molecular flexibility index (Phi) is 9.86. The number of hydrogen-bond donors (Lipinski definition) is 0. The van der Waals surface area contributed by atoms with Crippen molar-refractivity contribution in [2.45, 2.75) is 80.6 Å². The Labute approximate surface area is 303 Å². The van der Waals surface area contributed by atoms with Crippen molar-refractivity contribution in [3.8, 4) is 34.1 Å². The van der Waals surface area contributed by atoms with Gasteiger partial charge in [-0.3, -0.25) is 4.57 Å². The van der Waals surface area contributed by atoms with E-state index in [0.717, 1.165) is 47.3 Å². The van der Waals surface area contributed by atoms with Gasteiger partial charge in [-0.05, 0) is 128 Å². The van der Waals surface area contributed by atoms with Crippen LogP contribution < -0.4 is 4.74 Å². The van der Waals surface area contributed by atoms with Crippen molar-refractivity contribution in [2.75, 3.05) is 0 Å². The number of unbranched alkanes of at least 4 members (excludes halogenated alkanes) is 1. The van der Waals surface area contributed by atoms with E-state index in [4.69, 9.17) is 9.72 Å². The summed E-state index contributed by atoms with van der Waals surface area (Å²) < 4.78 is 11.4. The van der Waals surface area contributed by atoms with Gasteiger partial charge in [-0.15, -0.1) is 0 Å². The van der Waals surface area contributed by atoms with E-state index in [1.165, 1.54) is 74.6 Å². The fourth-order valence-electron chi connectivity index (χ4n) is 7.68. The van der Waals surface area contributed by atoms with E-state index in [-0.39, 0.29) is 0 Å². The fourth-order valence-corrected chi connectivity index (χ4v) is 7.68. The predicted molar refractivity (Wildman–Crippen MR) is 215 cm³/mol. The Morgan fingerprint density at radius 2 is 1.51 bits per heavy atom. The minimum atomic E-state index is 0.523. The number of aryl methyl sites for hydroxylation is 3. The number of rotatable bonds is 12. The van der Waals surface area contributed by atoms with E-state index in [9.17, 15) is 0 Å². The van der Waals surface area contributed by atoms with E-state index in [1.54, 1.807) is 0 Å². The summed E-state index contributed by atoms with van der Waals surface area (Å²) in [6.07, 6.45) is 10.00. The van der Waals surface area contributed by atoms with Crippen LogP contribution in [0.15, 0.2) is 109 Å². The zero-order valence-electron chi connectivity index (χ0n) is 31.3. The number of benzene rings is 4. The van der Waals surface area contributed by atoms with Crippen LogP contribution in [0.2, 0.25) is 0 Å². The first kappa shape index (κ1) is 34.4. The van der Waals surface area contributed by atoms with Crippen LogP contribution in [-0.2, 0) is 12.8 Å². The molecule has 0 spiro atoms. The molecule has 260 valence electrons. The van der Waals surface area contributed by atoms with Crippen LogP contribution >= 0.6 is 0 Å². The van der Waals surface area contributed by atoms with Gasteiger partial charge in [0.15, 0.2) is 0 Å². The molecule has 0 radical (unpaired) electrons. The van der Waals surface area contributed by atoms with Gasteiger partial charge in [0.25, 0.3) is 0 Å². The molecule has 0 atom stereocenters. The lowest BCUT2D eigenvalue weighted by Crippen LogP contribution is -2.01. The number of hydrogen-bond acceptors (Lipinski definition) is 2. The zero-order valence-corrected chi connectivity index (χ0v) is 31.3. The summed E-state index contributed by atoms with van der Waals surface area (Å²) in [4.78, 5) is 4.84. The highest BCUT2D eigenvalue weighted by Crippen LogP contribution is 2.37. The molecular formula is C47H51N3O. The standard InChI is InChI=1S/C47H51N3O/c1-31(2)13-11-12-14-36-17-20-44-43(27-36)42-19-18-40(29-45(42)50(44)46-24-33(5)21-22-48-46)51-41-26-37(23-32(3)4)25-39(28-41)49-30-34(6)47(35(49)7)38-15-9-8-10-16-38/h8-10,15-22,24-32H,11-14,23H2,1-7H3. The van der Waals surface area contributed by atoms with Gasteiger partial charge < -0.3 is 9.30 Å². The Morgan fingerprint density at radius 3 is 2.27 bits per heavy atom. The molecule has 0 aliphatic heterocycles. The van der Waals surface area contributed by atoms with Crippen molar-refractivity contribution >= 4 is 21.8 Å². The van der Waals surface area contributed by atoms with Crippen LogP contribution in [0, 0.1) is 32.6 Å². The first-order valence-corrected chi connectivity index (χ1v) is 18.7. The summed E-state index contributed by atoms with van der Waals surface area (Å²) in [5, 5.41) is 2.47. The van der Waals surface area contributed by atoms with Gasteiger partial charge in [0, 0.05) is 52.2 Å². The summed E-state index contributed by atoms with van der Waals surface area (Å²) >= 11 is 0. The van der Waals surface area contributed by atoms with E-state index in [1.807, 2.05) is 6.20 Å². The third-order valence-electron chi connectivity index (χ3n) is 10.0. The molecule has 0 amide bonds. The summed E-state index contributed by atoms with van der Waals surface area (Å²) in [5.74, 6) is 3.85. The number of nitrogens with zero attached hydrogens (tertiary/aromatic N) is 3. The van der Waals surface area contributed by atoms with Crippen LogP contribution in [0.3, 0.4) is 0 Å². The SMILES string of the molecule is Cc1ccnc(-n2c3ccc(CCCCC(C)C)cc3c3ccc(Oc4cc(CC(C)C)cc(-n5cc(C)c(-c6ccccc6)c5C)c4)cc32)c1. The monoisotopic (exact) mass is 673 g/mol. The molecule has 4 heteroatoms. The topological polar surface area (TPSA) is 32.0 Å². The van der Waals surface area contributed by atoms with Crippen LogP contribution in [-0.4, -0.2) is 14.1 Å². The highest BCUT2D eigenvalue weighted by Gasteiger charge is 2.17. The van der Waals surface area contributed by atoms with Crippen LogP contribution in [0.5, 0.6) is 11.5 Å². The summed E-state index contributed by atoms with van der Waals surface area (Å²) in [6.45, 7) is 15.7. The second kappa shape index (κ2) is 14.6. The van der Waals surface area contributed by atoms with Crippen molar-refractivity contribution in [1.29, 1.82) is 0 Å². The molecule has 4 aromatic carbocycles. The van der Waals surface area contributed by atoms with Gasteiger partial charge in [-0.2, -0.15) is 0 Å². The molecule has 0 aliphatic carbocycles. The van der Waals surface area contributed by atoms with E-state index < -0.39 is 0 Å². The molecule has 3 aromatic heterocycles. The molecule has 0 aliphatic rings. The van der Waals surface area contributed by atoms with Gasteiger partial charge >= 0.3 is 0 Å². The van der Waals surface area contributed by atoms with Crippen molar-refractivity contribution in [3.05, 3.63) is 137 Å². The Morgan fingerprint density at radius 1 is 0.686 bits per heavy atom. The maximum Gasteiger partial charge on any atom is 0.137 e. The lowest BCUT2D eigenvalue weighted by Gasteiger charge is -2.15. The lowest BCUT2D eigenvalue weighted by atomic mass is 10.0. The molecule has 7 aromatic rings. The van der Waals surface area contributed by atoms with Gasteiger partial charge in [0.2, 0.25) is 0 Å². The molecule has 7 rings (SSSR count). The Balaban J connectivity index is 1.30. The second-order valence-corrected chi connectivity index (χ2v) is 15.2. The van der Waals surface area contributed by atoms with Crippen molar-refractivity contribution in [3.63, 3.8) is 0 Å². The average molecular weight is 674 g/mol. The molecule has 3 heterocycles. The van der Waals surface area contributed by atoms with Crippen LogP contribution in [0.25, 0.3) is 44.4 Å². The van der Waals surface area contributed by atoms with E-state index >= 15 is 0 Å². The molecule has 0 bridgehead atoms. The van der Waals surface area contributed by atoms with Gasteiger partial charge in [-0.1, -0.05) is 76.9 Å². The van der Waals surface area contributed by atoms with Crippen LogP contribution in [0.1, 0.15) is 74.9 Å². The van der Waals surface area contributed by atoms with E-state index in [2.05, 4.69) is 161 Å². The smallest absolute Gasteiger partial charge is 0.137 e. The average Bonchev–Trinajstić information content (AvgIpc) is 3.58. The van der Waals surface area contributed by atoms with E-state index in [0.29, 0.717) is 5.92 Å². The van der Waals surface area contributed by atoms with Crippen molar-refractivity contribution < 1.29 is 4.74 Å². The molecule has 0 fully saturated rings. The van der Waals surface area contributed by atoms with Gasteiger partial charge in [0.1, 0.15) is 17.3 Å². The first-order chi connectivity index (χ1) is 24.6. The molecule has 51 heavy (non-hydrogen) atoms. The summed E-state index contributed by atoms with van der Waals surface area (Å²) in [7, 11) is 0. The van der Waals surface area contributed by atoms with Crippen molar-refractivity contribution in [2.24, 2.45) is 11.8 Å². The minimum absolute atomic E-state index is 0.523. The second-order valence-electron chi connectivity index (χ2n) is 15.2. The number of aromatic nitrogens is 3. The summed E-state index contributed by atoms with van der Waals surface area (Å²) in [5.41, 5.74) is 12.2. The number of fused-ring (bicyclic) bond motifs is 3. The summed E-state index contributed by atoms with van der Waals surface area (Å²) in [6, 6.07) is 35.1. The van der Waals surface area contributed by atoms with Gasteiger partial charge in [-0.25, -0.2) is 4.98 Å². The predicted octanol–water partition coefficient (Wildman–Crippen LogP) is 12.9. The maximum atomic E-state index is 6.80. The quantitative estimate of drug-likeness (QED) is 0.121. The molecule has 0 saturated carbocycles. The largest absolute Gasteiger partial charge is 0.457 e. The molecular weight excluding hydrogens is 623 g/mol. The van der Waals surface area contributed by atoms with Gasteiger partial charge in [0.05, 0.1) is 11.0 Å². The molecule has 0 saturated heterocycles. The molecule has 0 unspecified atom stereocenters. The zero-order chi connectivity index (χ0) is 35.6. The normalized spacial score (nSPS) is 11.8. The number of pyridine rings is 1. The molecule has 4 nitrogen and oxygen atoms in total. The highest BCUT2D eigenvalue weighted by molar-refractivity contribution is 6.09. The first-order valence-electron chi connectivity index (χ1n) is 18.7. The Bertz CT molecular complexity index is 2300. The molecule has 0 N–H and O–H groups in total. The maximum absolute atomic E-state index is 6.80. The van der Waals surface area contributed by atoms with Crippen molar-refractivity contribution in [1.82, 2.24) is 14.1 Å². The highest BCUT2D eigenvalue weighted by atomic mass is 16.5. The lowest BCUT2D eigenvalue weighted by molar-refractivity contribution is 0.481. The fraction of sp³-hybridized carbons (Fsp3) is 0.298. The third kappa shape index (κ3) is 7.37. The van der Waals surface area contributed by atoms with Crippen LogP contribution in [0.4, 0.5) is 0 Å².